The summed E-state index contributed by atoms with van der Waals surface area (Å²) in [5, 5.41) is 3.65. The third-order valence-electron chi connectivity index (χ3n) is 7.28. The van der Waals surface area contributed by atoms with Crippen molar-refractivity contribution in [2.45, 2.75) is 84.5 Å². The number of anilines is 2. The Morgan fingerprint density at radius 2 is 1.60 bits per heavy atom. The summed E-state index contributed by atoms with van der Waals surface area (Å²) in [6.45, 7) is 16.0. The van der Waals surface area contributed by atoms with Gasteiger partial charge < -0.3 is 10.2 Å². The minimum atomic E-state index is 0.0227. The largest absolute Gasteiger partial charge is 0.385 e. The molecule has 0 spiro atoms. The van der Waals surface area contributed by atoms with Crippen LogP contribution in [0.3, 0.4) is 0 Å². The Bertz CT molecular complexity index is 1040. The molecule has 2 aromatic rings. The van der Waals surface area contributed by atoms with E-state index in [-0.39, 0.29) is 10.8 Å². The van der Waals surface area contributed by atoms with Crippen LogP contribution in [-0.2, 0) is 10.8 Å². The first kappa shape index (κ1) is 26.9. The predicted molar refractivity (Wildman–Crippen MR) is 156 cm³/mol. The van der Waals surface area contributed by atoms with Crippen LogP contribution in [0.25, 0.3) is 0 Å². The van der Waals surface area contributed by atoms with E-state index in [4.69, 9.17) is 0 Å². The van der Waals surface area contributed by atoms with Crippen molar-refractivity contribution in [3.05, 3.63) is 95.7 Å². The molecule has 188 valence electrons. The summed E-state index contributed by atoms with van der Waals surface area (Å²) >= 11 is 0. The number of para-hydroxylation sites is 2. The second kappa shape index (κ2) is 12.3. The molecule has 0 atom stereocenters. The highest BCUT2D eigenvalue weighted by atomic mass is 15.2. The molecule has 0 saturated carbocycles. The fraction of sp³-hybridized carbons (Fsp3) is 0.455. The van der Waals surface area contributed by atoms with Crippen molar-refractivity contribution < 1.29 is 0 Å². The van der Waals surface area contributed by atoms with Gasteiger partial charge in [0.05, 0.1) is 0 Å². The number of hydrogen-bond donors (Lipinski definition) is 1. The van der Waals surface area contributed by atoms with Gasteiger partial charge in [-0.05, 0) is 54.0 Å². The van der Waals surface area contributed by atoms with Crippen molar-refractivity contribution in [2.75, 3.05) is 23.3 Å². The quantitative estimate of drug-likeness (QED) is 0.246. The number of benzene rings is 2. The molecule has 2 heteroatoms. The third-order valence-corrected chi connectivity index (χ3v) is 7.28. The highest BCUT2D eigenvalue weighted by Crippen LogP contribution is 2.47. The monoisotopic (exact) mass is 470 g/mol. The van der Waals surface area contributed by atoms with Gasteiger partial charge in [0.15, 0.2) is 0 Å². The number of hydrogen-bond acceptors (Lipinski definition) is 2. The van der Waals surface area contributed by atoms with E-state index in [2.05, 4.69) is 131 Å². The zero-order valence-corrected chi connectivity index (χ0v) is 22.9. The third kappa shape index (κ3) is 6.48. The number of allylic oxidation sites excluding steroid dienone is 6. The number of unbranched alkanes of at least 4 members (excludes halogenated alkanes) is 2. The van der Waals surface area contributed by atoms with E-state index in [1.54, 1.807) is 0 Å². The summed E-state index contributed by atoms with van der Waals surface area (Å²) in [4.78, 5) is 2.53. The first-order valence-electron chi connectivity index (χ1n) is 13.6. The van der Waals surface area contributed by atoms with Crippen molar-refractivity contribution in [3.8, 4) is 0 Å². The fourth-order valence-corrected chi connectivity index (χ4v) is 5.09. The molecule has 0 saturated heterocycles. The van der Waals surface area contributed by atoms with Crippen molar-refractivity contribution in [1.82, 2.24) is 0 Å². The second-order valence-electron chi connectivity index (χ2n) is 10.9. The zero-order valence-electron chi connectivity index (χ0n) is 22.9. The minimum Gasteiger partial charge on any atom is -0.385 e. The Morgan fingerprint density at radius 1 is 0.886 bits per heavy atom. The number of nitrogens with one attached hydrogen (secondary N) is 1. The van der Waals surface area contributed by atoms with Crippen LogP contribution in [-0.4, -0.2) is 13.1 Å². The van der Waals surface area contributed by atoms with Crippen LogP contribution in [0.15, 0.2) is 84.6 Å². The van der Waals surface area contributed by atoms with Crippen LogP contribution in [0.1, 0.15) is 84.8 Å². The van der Waals surface area contributed by atoms with Crippen LogP contribution in [0.4, 0.5) is 11.4 Å². The van der Waals surface area contributed by atoms with Gasteiger partial charge in [0, 0.05) is 35.6 Å². The van der Waals surface area contributed by atoms with Crippen molar-refractivity contribution in [3.63, 3.8) is 0 Å². The highest BCUT2D eigenvalue weighted by molar-refractivity contribution is 5.70. The lowest BCUT2D eigenvalue weighted by Crippen LogP contribution is -2.26. The van der Waals surface area contributed by atoms with E-state index in [1.807, 2.05) is 0 Å². The van der Waals surface area contributed by atoms with E-state index in [9.17, 15) is 0 Å². The van der Waals surface area contributed by atoms with E-state index < -0.39 is 0 Å². The Balaban J connectivity index is 1.70. The average molecular weight is 471 g/mol. The summed E-state index contributed by atoms with van der Waals surface area (Å²) in [5.74, 6) is 0. The van der Waals surface area contributed by atoms with Crippen LogP contribution in [0, 0.1) is 0 Å². The Morgan fingerprint density at radius 3 is 2.37 bits per heavy atom. The van der Waals surface area contributed by atoms with Gasteiger partial charge in [-0.1, -0.05) is 115 Å². The van der Waals surface area contributed by atoms with E-state index >= 15 is 0 Å². The molecule has 3 rings (SSSR count). The Kier molecular flexibility index (Phi) is 9.43. The summed E-state index contributed by atoms with van der Waals surface area (Å²) in [5.41, 5.74) is 6.95. The van der Waals surface area contributed by atoms with Gasteiger partial charge in [-0.15, -0.1) is 0 Å². The molecule has 0 bridgehead atoms. The first-order chi connectivity index (χ1) is 16.8. The topological polar surface area (TPSA) is 15.3 Å². The molecule has 0 amide bonds. The number of rotatable bonds is 12. The molecule has 1 aliphatic heterocycles. The SMILES string of the molecule is CCCCNc1ccccc1C(C)(C)C/C=C/C=C/C=C1/N(CCCC)c2ccccc2C1(C)C. The lowest BCUT2D eigenvalue weighted by molar-refractivity contribution is 0.535. The van der Waals surface area contributed by atoms with Gasteiger partial charge in [-0.25, -0.2) is 0 Å². The standard InChI is InChI=1S/C33H46N2/c1-7-9-25-34-29-21-16-14-19-27(29)32(3,4)24-18-12-11-13-23-31-33(5,6)28-20-15-17-22-30(28)35(31)26-10-8-2/h11-23,34H,7-10,24-26H2,1-6H3/b13-11+,18-12+,31-23+. The predicted octanol–water partition coefficient (Wildman–Crippen LogP) is 9.16. The molecule has 0 fully saturated rings. The van der Waals surface area contributed by atoms with Crippen molar-refractivity contribution in [2.24, 2.45) is 0 Å². The molecule has 35 heavy (non-hydrogen) atoms. The molecular weight excluding hydrogens is 424 g/mol. The zero-order chi connectivity index (χ0) is 25.3. The molecule has 1 heterocycles. The summed E-state index contributed by atoms with van der Waals surface area (Å²) in [7, 11) is 0. The van der Waals surface area contributed by atoms with Crippen LogP contribution < -0.4 is 10.2 Å². The van der Waals surface area contributed by atoms with Crippen molar-refractivity contribution in [1.29, 1.82) is 0 Å². The molecule has 2 aromatic carbocycles. The Hall–Kier alpha value is -2.74. The van der Waals surface area contributed by atoms with E-state index in [0.717, 1.165) is 19.5 Å². The maximum absolute atomic E-state index is 3.65. The van der Waals surface area contributed by atoms with E-state index in [0.29, 0.717) is 0 Å². The van der Waals surface area contributed by atoms with Gasteiger partial charge in [-0.2, -0.15) is 0 Å². The average Bonchev–Trinajstić information content (AvgIpc) is 3.06. The maximum atomic E-state index is 3.65. The first-order valence-corrected chi connectivity index (χ1v) is 13.6. The summed E-state index contributed by atoms with van der Waals surface area (Å²) < 4.78 is 0. The van der Waals surface area contributed by atoms with Crippen LogP contribution in [0.2, 0.25) is 0 Å². The molecule has 0 unspecified atom stereocenters. The number of fused-ring (bicyclic) bond motifs is 1. The van der Waals surface area contributed by atoms with Gasteiger partial charge in [0.2, 0.25) is 0 Å². The molecular formula is C33H46N2. The molecule has 0 aromatic heterocycles. The molecule has 0 radical (unpaired) electrons. The molecule has 1 N–H and O–H groups in total. The number of nitrogens with zero attached hydrogens (tertiary/aromatic N) is 1. The second-order valence-corrected chi connectivity index (χ2v) is 10.9. The van der Waals surface area contributed by atoms with Gasteiger partial charge >= 0.3 is 0 Å². The van der Waals surface area contributed by atoms with Gasteiger partial charge in [0.1, 0.15) is 0 Å². The smallest absolute Gasteiger partial charge is 0.0450 e. The minimum absolute atomic E-state index is 0.0227. The fourth-order valence-electron chi connectivity index (χ4n) is 5.09. The van der Waals surface area contributed by atoms with Gasteiger partial charge in [-0.3, -0.25) is 0 Å². The summed E-state index contributed by atoms with van der Waals surface area (Å²) in [6, 6.07) is 17.7. The summed E-state index contributed by atoms with van der Waals surface area (Å²) in [6.07, 6.45) is 17.1. The lowest BCUT2D eigenvalue weighted by atomic mass is 9.80. The van der Waals surface area contributed by atoms with Crippen LogP contribution in [0.5, 0.6) is 0 Å². The molecule has 0 aliphatic carbocycles. The normalized spacial score (nSPS) is 16.5. The molecule has 2 nitrogen and oxygen atoms in total. The lowest BCUT2D eigenvalue weighted by Gasteiger charge is -2.27. The molecule has 1 aliphatic rings. The highest BCUT2D eigenvalue weighted by Gasteiger charge is 2.39. The van der Waals surface area contributed by atoms with E-state index in [1.165, 1.54) is 53.9 Å². The maximum Gasteiger partial charge on any atom is 0.0450 e. The van der Waals surface area contributed by atoms with Gasteiger partial charge in [0.25, 0.3) is 0 Å². The Labute approximate surface area is 214 Å². The van der Waals surface area contributed by atoms with Crippen molar-refractivity contribution >= 4 is 11.4 Å². The van der Waals surface area contributed by atoms with Crippen LogP contribution >= 0.6 is 0 Å².